The van der Waals surface area contributed by atoms with E-state index in [1.165, 1.54) is 51.7 Å². The number of nitrogens with zero attached hydrogens (tertiary/aromatic N) is 2. The molecule has 1 rings (SSSR count). The van der Waals surface area contributed by atoms with Crippen LogP contribution in [0.25, 0.3) is 0 Å². The van der Waals surface area contributed by atoms with Gasteiger partial charge in [0.05, 0.1) is 0 Å². The van der Waals surface area contributed by atoms with Gasteiger partial charge in [-0.1, -0.05) is 20.8 Å². The van der Waals surface area contributed by atoms with Gasteiger partial charge in [-0.25, -0.2) is 0 Å². The molecule has 0 aromatic carbocycles. The van der Waals surface area contributed by atoms with Gasteiger partial charge in [0.1, 0.15) is 0 Å². The van der Waals surface area contributed by atoms with Crippen LogP contribution in [-0.2, 0) is 0 Å². The Morgan fingerprint density at radius 2 is 1.91 bits per heavy atom. The van der Waals surface area contributed by atoms with Crippen molar-refractivity contribution in [1.29, 1.82) is 0 Å². The zero-order valence-corrected chi connectivity index (χ0v) is 17.4. The molecule has 0 aliphatic carbocycles. The minimum atomic E-state index is 0. The predicted octanol–water partition coefficient (Wildman–Crippen LogP) is 3.47. The molecule has 5 heteroatoms. The van der Waals surface area contributed by atoms with Crippen molar-refractivity contribution in [3.8, 4) is 0 Å². The highest BCUT2D eigenvalue weighted by Crippen LogP contribution is 2.10. The van der Waals surface area contributed by atoms with Gasteiger partial charge in [-0.3, -0.25) is 4.99 Å². The monoisotopic (exact) mass is 424 g/mol. The molecule has 1 heterocycles. The molecular formula is C17H37IN4. The molecule has 0 amide bonds. The van der Waals surface area contributed by atoms with E-state index in [0.717, 1.165) is 25.0 Å². The van der Waals surface area contributed by atoms with Crippen molar-refractivity contribution in [3.05, 3.63) is 0 Å². The highest BCUT2D eigenvalue weighted by Gasteiger charge is 2.19. The van der Waals surface area contributed by atoms with Crippen LogP contribution in [0, 0.1) is 5.92 Å². The second-order valence-corrected chi connectivity index (χ2v) is 6.56. The van der Waals surface area contributed by atoms with Crippen LogP contribution in [0.15, 0.2) is 4.99 Å². The first-order valence-corrected chi connectivity index (χ1v) is 8.92. The van der Waals surface area contributed by atoms with Gasteiger partial charge < -0.3 is 15.5 Å². The lowest BCUT2D eigenvalue weighted by Gasteiger charge is -2.32. The van der Waals surface area contributed by atoms with Crippen LogP contribution in [0.4, 0.5) is 0 Å². The lowest BCUT2D eigenvalue weighted by molar-refractivity contribution is 0.206. The summed E-state index contributed by atoms with van der Waals surface area (Å²) in [5.74, 6) is 1.79. The van der Waals surface area contributed by atoms with E-state index >= 15 is 0 Å². The molecule has 4 nitrogen and oxygen atoms in total. The first-order chi connectivity index (χ1) is 10.2. The average Bonchev–Trinajstić information content (AvgIpc) is 2.46. The maximum Gasteiger partial charge on any atom is 0.191 e. The topological polar surface area (TPSA) is 39.7 Å². The van der Waals surface area contributed by atoms with Crippen molar-refractivity contribution in [2.24, 2.45) is 10.9 Å². The molecule has 0 aromatic heterocycles. The summed E-state index contributed by atoms with van der Waals surface area (Å²) in [5.41, 5.74) is 0. The third-order valence-electron chi connectivity index (χ3n) is 4.02. The van der Waals surface area contributed by atoms with Crippen LogP contribution in [0.5, 0.6) is 0 Å². The lowest BCUT2D eigenvalue weighted by Crippen LogP contribution is -2.48. The quantitative estimate of drug-likeness (QED) is 0.271. The summed E-state index contributed by atoms with van der Waals surface area (Å²) in [7, 11) is 0. The maximum absolute atomic E-state index is 4.72. The molecular weight excluding hydrogens is 387 g/mol. The second kappa shape index (κ2) is 13.4. The van der Waals surface area contributed by atoms with Gasteiger partial charge in [0.25, 0.3) is 0 Å². The molecule has 0 unspecified atom stereocenters. The number of rotatable bonds is 8. The van der Waals surface area contributed by atoms with E-state index in [-0.39, 0.29) is 24.0 Å². The van der Waals surface area contributed by atoms with Gasteiger partial charge in [0.15, 0.2) is 5.96 Å². The van der Waals surface area contributed by atoms with Crippen LogP contribution < -0.4 is 10.6 Å². The highest BCUT2D eigenvalue weighted by atomic mass is 127. The average molecular weight is 424 g/mol. The molecule has 0 bridgehead atoms. The zero-order valence-electron chi connectivity index (χ0n) is 15.0. The van der Waals surface area contributed by atoms with Crippen molar-refractivity contribution in [2.45, 2.75) is 65.8 Å². The van der Waals surface area contributed by atoms with Crippen LogP contribution >= 0.6 is 24.0 Å². The summed E-state index contributed by atoms with van der Waals surface area (Å²) in [6.07, 6.45) is 6.17. The second-order valence-electron chi connectivity index (χ2n) is 6.56. The third kappa shape index (κ3) is 9.87. The van der Waals surface area contributed by atoms with E-state index in [1.54, 1.807) is 0 Å². The molecule has 1 saturated heterocycles. The van der Waals surface area contributed by atoms with Crippen LogP contribution in [0.1, 0.15) is 59.8 Å². The lowest BCUT2D eigenvalue weighted by atomic mass is 10.1. The summed E-state index contributed by atoms with van der Waals surface area (Å²) in [4.78, 5) is 7.29. The fraction of sp³-hybridized carbons (Fsp3) is 0.941. The van der Waals surface area contributed by atoms with E-state index in [4.69, 9.17) is 4.99 Å². The number of likely N-dealkylation sites (tertiary alicyclic amines) is 1. The van der Waals surface area contributed by atoms with Crippen molar-refractivity contribution < 1.29 is 0 Å². The summed E-state index contributed by atoms with van der Waals surface area (Å²) >= 11 is 0. The van der Waals surface area contributed by atoms with Crippen molar-refractivity contribution in [1.82, 2.24) is 15.5 Å². The molecule has 0 radical (unpaired) electrons. The number of hydrogen-bond donors (Lipinski definition) is 2. The van der Waals surface area contributed by atoms with E-state index in [2.05, 4.69) is 43.2 Å². The van der Waals surface area contributed by atoms with E-state index in [0.29, 0.717) is 6.04 Å². The number of nitrogens with one attached hydrogen (secondary N) is 2. The maximum atomic E-state index is 4.72. The van der Waals surface area contributed by atoms with Crippen LogP contribution in [0.3, 0.4) is 0 Å². The molecule has 1 fully saturated rings. The van der Waals surface area contributed by atoms with Gasteiger partial charge in [0, 0.05) is 32.2 Å². The Hall–Kier alpha value is -0.0400. The molecule has 0 saturated carbocycles. The Morgan fingerprint density at radius 3 is 2.45 bits per heavy atom. The number of aliphatic imine (C=N–C) groups is 1. The Balaban J connectivity index is 0.00000441. The van der Waals surface area contributed by atoms with Crippen LogP contribution in [0.2, 0.25) is 0 Å². The minimum Gasteiger partial charge on any atom is -0.357 e. The van der Waals surface area contributed by atoms with Crippen molar-refractivity contribution >= 4 is 29.9 Å². The normalized spacial score (nSPS) is 17.4. The Labute approximate surface area is 154 Å². The fourth-order valence-corrected chi connectivity index (χ4v) is 2.82. The van der Waals surface area contributed by atoms with Gasteiger partial charge in [0.2, 0.25) is 0 Å². The zero-order chi connectivity index (χ0) is 15.5. The smallest absolute Gasteiger partial charge is 0.191 e. The molecule has 1 aliphatic heterocycles. The molecule has 0 aromatic rings. The van der Waals surface area contributed by atoms with Crippen LogP contribution in [-0.4, -0.2) is 49.6 Å². The van der Waals surface area contributed by atoms with Crippen molar-refractivity contribution in [2.75, 3.05) is 32.7 Å². The van der Waals surface area contributed by atoms with E-state index in [9.17, 15) is 0 Å². The Morgan fingerprint density at radius 1 is 1.23 bits per heavy atom. The SMILES string of the molecule is CCCN1CCC(NC(=NCCCC(C)C)NCC)CC1.I. The Bertz CT molecular complexity index is 286. The van der Waals surface area contributed by atoms with Gasteiger partial charge in [-0.2, -0.15) is 0 Å². The standard InChI is InChI=1S/C17H36N4.HI/c1-5-12-21-13-9-16(10-14-21)20-17(18-6-2)19-11-7-8-15(3)4;/h15-16H,5-14H2,1-4H3,(H2,18,19,20);1H. The number of hydrogen-bond acceptors (Lipinski definition) is 2. The summed E-state index contributed by atoms with van der Waals surface area (Å²) in [6.45, 7) is 14.5. The number of halogens is 1. The number of guanidine groups is 1. The Kier molecular flexibility index (Phi) is 13.4. The molecule has 132 valence electrons. The molecule has 1 aliphatic rings. The minimum absolute atomic E-state index is 0. The molecule has 0 spiro atoms. The molecule has 22 heavy (non-hydrogen) atoms. The van der Waals surface area contributed by atoms with Gasteiger partial charge >= 0.3 is 0 Å². The summed E-state index contributed by atoms with van der Waals surface area (Å²) in [6, 6.07) is 0.584. The van der Waals surface area contributed by atoms with E-state index in [1.807, 2.05) is 0 Å². The fourth-order valence-electron chi connectivity index (χ4n) is 2.82. The summed E-state index contributed by atoms with van der Waals surface area (Å²) in [5, 5.41) is 7.00. The van der Waals surface area contributed by atoms with E-state index < -0.39 is 0 Å². The van der Waals surface area contributed by atoms with Crippen molar-refractivity contribution in [3.63, 3.8) is 0 Å². The molecule has 0 atom stereocenters. The summed E-state index contributed by atoms with van der Waals surface area (Å²) < 4.78 is 0. The predicted molar refractivity (Wildman–Crippen MR) is 108 cm³/mol. The highest BCUT2D eigenvalue weighted by molar-refractivity contribution is 14.0. The first kappa shape index (κ1) is 22.0. The third-order valence-corrected chi connectivity index (χ3v) is 4.02. The largest absolute Gasteiger partial charge is 0.357 e. The first-order valence-electron chi connectivity index (χ1n) is 8.92. The van der Waals surface area contributed by atoms with Gasteiger partial charge in [-0.05, 0) is 51.5 Å². The van der Waals surface area contributed by atoms with Gasteiger partial charge in [-0.15, -0.1) is 24.0 Å². The number of piperidine rings is 1. The molecule has 2 N–H and O–H groups in total.